The molecule has 5 rings (SSSR count). The first-order chi connectivity index (χ1) is 19.4. The van der Waals surface area contributed by atoms with Gasteiger partial charge in [0, 0.05) is 30.3 Å². The van der Waals surface area contributed by atoms with Crippen molar-refractivity contribution in [1.29, 1.82) is 0 Å². The van der Waals surface area contributed by atoms with Gasteiger partial charge in [-0.3, -0.25) is 9.59 Å². The Morgan fingerprint density at radius 2 is 1.93 bits per heavy atom. The van der Waals surface area contributed by atoms with Gasteiger partial charge in [-0.1, -0.05) is 29.3 Å². The third-order valence-corrected chi connectivity index (χ3v) is 8.83. The molecule has 12 heteroatoms. The predicted molar refractivity (Wildman–Crippen MR) is 153 cm³/mol. The molecule has 1 aromatic heterocycles. The zero-order valence-corrected chi connectivity index (χ0v) is 24.1. The van der Waals surface area contributed by atoms with Crippen molar-refractivity contribution in [2.75, 3.05) is 19.4 Å². The fourth-order valence-corrected chi connectivity index (χ4v) is 6.42. The highest BCUT2D eigenvalue weighted by Gasteiger charge is 2.29. The monoisotopic (exact) mass is 618 g/mol. The van der Waals surface area contributed by atoms with E-state index in [1.807, 2.05) is 12.1 Å². The summed E-state index contributed by atoms with van der Waals surface area (Å²) in [6, 6.07) is 11.2. The summed E-state index contributed by atoms with van der Waals surface area (Å²) in [5.74, 6) is -1.57. The zero-order chi connectivity index (χ0) is 29.5. The maximum atomic E-state index is 14.1. The highest BCUT2D eigenvalue weighted by Crippen LogP contribution is 2.35. The summed E-state index contributed by atoms with van der Waals surface area (Å²) in [5.41, 5.74) is 2.80. The number of hydrogen-bond acceptors (Lipinski definition) is 6. The number of benzene rings is 3. The van der Waals surface area contributed by atoms with Crippen LogP contribution in [0.1, 0.15) is 37.4 Å². The molecule has 41 heavy (non-hydrogen) atoms. The van der Waals surface area contributed by atoms with Crippen molar-refractivity contribution in [3.05, 3.63) is 98.5 Å². The summed E-state index contributed by atoms with van der Waals surface area (Å²) in [6.45, 7) is 0.108. The maximum absolute atomic E-state index is 14.1. The van der Waals surface area contributed by atoms with Crippen molar-refractivity contribution in [2.24, 2.45) is 0 Å². The fourth-order valence-electron chi connectivity index (χ4n) is 4.96. The highest BCUT2D eigenvalue weighted by molar-refractivity contribution is 7.90. The van der Waals surface area contributed by atoms with E-state index in [0.29, 0.717) is 35.2 Å². The molecule has 0 unspecified atom stereocenters. The molecule has 1 atom stereocenters. The van der Waals surface area contributed by atoms with Crippen molar-refractivity contribution in [3.63, 3.8) is 0 Å². The quantitative estimate of drug-likeness (QED) is 0.307. The molecule has 0 saturated carbocycles. The summed E-state index contributed by atoms with van der Waals surface area (Å²) in [5, 5.41) is 13.7. The summed E-state index contributed by atoms with van der Waals surface area (Å²) in [7, 11) is -3.66. The van der Waals surface area contributed by atoms with Gasteiger partial charge in [0.15, 0.2) is 9.84 Å². The van der Waals surface area contributed by atoms with Crippen LogP contribution in [0.15, 0.2) is 64.1 Å². The Bertz CT molecular complexity index is 1790. The molecule has 8 nitrogen and oxygen atoms in total. The van der Waals surface area contributed by atoms with Gasteiger partial charge in [-0.2, -0.15) is 0 Å². The first kappa shape index (κ1) is 29.1. The number of hydrogen-bond donors (Lipinski definition) is 2. The molecule has 0 fully saturated rings. The van der Waals surface area contributed by atoms with Crippen LogP contribution in [-0.2, 0) is 29.2 Å². The van der Waals surface area contributed by atoms with E-state index in [9.17, 15) is 27.5 Å². The van der Waals surface area contributed by atoms with Gasteiger partial charge in [0.2, 0.25) is 0 Å². The van der Waals surface area contributed by atoms with Crippen molar-refractivity contribution in [3.8, 4) is 0 Å². The van der Waals surface area contributed by atoms with Gasteiger partial charge in [-0.25, -0.2) is 12.8 Å². The van der Waals surface area contributed by atoms with Crippen LogP contribution in [0.5, 0.6) is 0 Å². The molecule has 2 amide bonds. The van der Waals surface area contributed by atoms with Crippen molar-refractivity contribution < 1.29 is 31.9 Å². The lowest BCUT2D eigenvalue weighted by atomic mass is 9.95. The standard InChI is InChI=1S/C29H25Cl2FN2O6S/c1-41(38,39)22-10-16(8-20(32)13-22)9-21(15-35)33-28(36)26-24(30)11-19-14-34(6-4-23(19)27(26)31)29(37)18-3-2-17-5-7-40-25(17)12-18/h2-3,5,7-8,10-13,21,35H,4,6,9,14-15H2,1H3,(H,33,36)/t21-/m0/s1. The van der Waals surface area contributed by atoms with E-state index in [4.69, 9.17) is 27.6 Å². The summed E-state index contributed by atoms with van der Waals surface area (Å²) in [6.07, 6.45) is 2.88. The number of nitrogens with zero attached hydrogens (tertiary/aromatic N) is 1. The smallest absolute Gasteiger partial charge is 0.254 e. The van der Waals surface area contributed by atoms with Gasteiger partial charge in [0.05, 0.1) is 39.4 Å². The number of aliphatic hydroxyl groups excluding tert-OH is 1. The molecule has 1 aliphatic heterocycles. The number of nitrogens with one attached hydrogen (secondary N) is 1. The molecule has 3 aromatic carbocycles. The van der Waals surface area contributed by atoms with Crippen LogP contribution in [0.2, 0.25) is 10.0 Å². The molecule has 0 saturated heterocycles. The number of furan rings is 1. The van der Waals surface area contributed by atoms with Gasteiger partial charge >= 0.3 is 0 Å². The summed E-state index contributed by atoms with van der Waals surface area (Å²) >= 11 is 13.2. The van der Waals surface area contributed by atoms with Crippen LogP contribution in [-0.4, -0.2) is 55.7 Å². The van der Waals surface area contributed by atoms with Gasteiger partial charge < -0.3 is 19.7 Å². The van der Waals surface area contributed by atoms with E-state index in [1.165, 1.54) is 6.07 Å². The summed E-state index contributed by atoms with van der Waals surface area (Å²) < 4.78 is 43.2. The van der Waals surface area contributed by atoms with E-state index in [0.717, 1.165) is 23.8 Å². The van der Waals surface area contributed by atoms with Gasteiger partial charge in [-0.15, -0.1) is 0 Å². The Kier molecular flexibility index (Phi) is 8.11. The number of amides is 2. The van der Waals surface area contributed by atoms with Crippen LogP contribution >= 0.6 is 23.2 Å². The number of rotatable bonds is 7. The molecule has 214 valence electrons. The Morgan fingerprint density at radius 3 is 2.66 bits per heavy atom. The van der Waals surface area contributed by atoms with Crippen molar-refractivity contribution >= 4 is 55.8 Å². The maximum Gasteiger partial charge on any atom is 0.254 e. The lowest BCUT2D eigenvalue weighted by Gasteiger charge is -2.30. The largest absolute Gasteiger partial charge is 0.464 e. The second-order valence-electron chi connectivity index (χ2n) is 9.96. The lowest BCUT2D eigenvalue weighted by molar-refractivity contribution is 0.0734. The normalized spacial score (nSPS) is 14.1. The minimum absolute atomic E-state index is 0.0182. The topological polar surface area (TPSA) is 117 Å². The molecule has 0 spiro atoms. The first-order valence-corrected chi connectivity index (χ1v) is 15.3. The summed E-state index contributed by atoms with van der Waals surface area (Å²) in [4.78, 5) is 27.9. The Balaban J connectivity index is 1.33. The zero-order valence-electron chi connectivity index (χ0n) is 21.8. The van der Waals surface area contributed by atoms with Gasteiger partial charge in [-0.05, 0) is 72.0 Å². The second kappa shape index (κ2) is 11.4. The van der Waals surface area contributed by atoms with Crippen LogP contribution < -0.4 is 5.32 Å². The minimum Gasteiger partial charge on any atom is -0.464 e. The van der Waals surface area contributed by atoms with Crippen molar-refractivity contribution in [2.45, 2.75) is 30.3 Å². The molecule has 2 N–H and O–H groups in total. The lowest BCUT2D eigenvalue weighted by Crippen LogP contribution is -2.40. The number of fused-ring (bicyclic) bond motifs is 2. The fraction of sp³-hybridized carbons (Fsp3) is 0.241. The van der Waals surface area contributed by atoms with Gasteiger partial charge in [0.1, 0.15) is 11.4 Å². The molecule has 0 aliphatic carbocycles. The van der Waals surface area contributed by atoms with Crippen LogP contribution in [0, 0.1) is 5.82 Å². The molecule has 2 heterocycles. The molecular weight excluding hydrogens is 594 g/mol. The molecule has 0 radical (unpaired) electrons. The molecule has 1 aliphatic rings. The second-order valence-corrected chi connectivity index (χ2v) is 12.8. The van der Waals surface area contributed by atoms with Gasteiger partial charge in [0.25, 0.3) is 11.8 Å². The Hall–Kier alpha value is -3.44. The Labute approximate surface area is 245 Å². The number of aliphatic hydroxyl groups is 1. The number of carbonyl (C=O) groups is 2. The average molecular weight is 619 g/mol. The van der Waals surface area contributed by atoms with E-state index >= 15 is 0 Å². The van der Waals surface area contributed by atoms with E-state index < -0.39 is 34.2 Å². The molecule has 0 bridgehead atoms. The van der Waals surface area contributed by atoms with Crippen LogP contribution in [0.4, 0.5) is 4.39 Å². The predicted octanol–water partition coefficient (Wildman–Crippen LogP) is 4.81. The third-order valence-electron chi connectivity index (χ3n) is 7.02. The minimum atomic E-state index is -3.66. The van der Waals surface area contributed by atoms with E-state index in [-0.39, 0.29) is 44.9 Å². The Morgan fingerprint density at radius 1 is 1.15 bits per heavy atom. The van der Waals surface area contributed by atoms with Crippen LogP contribution in [0.25, 0.3) is 11.0 Å². The van der Waals surface area contributed by atoms with Crippen LogP contribution in [0.3, 0.4) is 0 Å². The first-order valence-electron chi connectivity index (χ1n) is 12.6. The van der Waals surface area contributed by atoms with Crippen molar-refractivity contribution in [1.82, 2.24) is 10.2 Å². The SMILES string of the molecule is CS(=O)(=O)c1cc(F)cc(C[C@@H](CO)NC(=O)c2c(Cl)cc3c(c2Cl)CCN(C(=O)c2ccc4ccoc4c2)C3)c1. The number of halogens is 3. The molecule has 4 aromatic rings. The van der Waals surface area contributed by atoms with E-state index in [1.54, 1.807) is 29.4 Å². The van der Waals surface area contributed by atoms with E-state index in [2.05, 4.69) is 5.32 Å². The third kappa shape index (κ3) is 6.11. The number of carbonyl (C=O) groups excluding carboxylic acids is 2. The molecular formula is C29H25Cl2FN2O6S. The average Bonchev–Trinajstić information content (AvgIpc) is 3.39. The highest BCUT2D eigenvalue weighted by atomic mass is 35.5. The number of sulfone groups is 1.